The maximum absolute atomic E-state index is 5.63. The lowest BCUT2D eigenvalue weighted by molar-refractivity contribution is 0.0467. The van der Waals surface area contributed by atoms with Gasteiger partial charge in [-0.2, -0.15) is 0 Å². The molecular formula is C14H22O2S. The molecule has 0 aromatic rings. The van der Waals surface area contributed by atoms with E-state index in [4.69, 9.17) is 9.47 Å². The molecule has 0 aliphatic carbocycles. The predicted octanol–water partition coefficient (Wildman–Crippen LogP) is 3.89. The fraction of sp³-hybridized carbons (Fsp3) is 0.714. The Bertz CT molecular complexity index is 225. The first-order chi connectivity index (χ1) is 8.45. The zero-order valence-corrected chi connectivity index (χ0v) is 11.2. The second kappa shape index (κ2) is 7.96. The first-order valence-electron chi connectivity index (χ1n) is 6.67. The van der Waals surface area contributed by atoms with E-state index in [9.17, 15) is 0 Å². The zero-order valence-electron chi connectivity index (χ0n) is 10.3. The minimum Gasteiger partial charge on any atom is -0.374 e. The molecule has 0 amide bonds. The fourth-order valence-electron chi connectivity index (χ4n) is 2.15. The lowest BCUT2D eigenvalue weighted by Crippen LogP contribution is -2.16. The molecule has 2 nitrogen and oxygen atoms in total. The van der Waals surface area contributed by atoms with Gasteiger partial charge in [-0.05, 0) is 61.5 Å². The Morgan fingerprint density at radius 2 is 1.29 bits per heavy atom. The van der Waals surface area contributed by atoms with E-state index in [1.165, 1.54) is 38.5 Å². The lowest BCUT2D eigenvalue weighted by Gasteiger charge is -2.19. The van der Waals surface area contributed by atoms with Crippen LogP contribution in [0.4, 0.5) is 0 Å². The molecule has 0 spiro atoms. The highest BCUT2D eigenvalue weighted by atomic mass is 32.2. The third kappa shape index (κ3) is 5.28. The summed E-state index contributed by atoms with van der Waals surface area (Å²) in [5, 5.41) is 4.27. The molecule has 0 aromatic heterocycles. The highest BCUT2D eigenvalue weighted by Crippen LogP contribution is 2.18. The van der Waals surface area contributed by atoms with Crippen LogP contribution in [-0.4, -0.2) is 25.4 Å². The molecule has 0 bridgehead atoms. The number of hydrogen-bond acceptors (Lipinski definition) is 3. The fourth-order valence-corrected chi connectivity index (χ4v) is 2.77. The maximum atomic E-state index is 5.63. The number of thioether (sulfide) groups is 1. The van der Waals surface area contributed by atoms with Gasteiger partial charge in [-0.25, -0.2) is 0 Å². The van der Waals surface area contributed by atoms with Crippen LogP contribution in [-0.2, 0) is 9.47 Å². The third-order valence-electron chi connectivity index (χ3n) is 3.17. The smallest absolute Gasteiger partial charge is 0.0763 e. The maximum Gasteiger partial charge on any atom is 0.0763 e. The van der Waals surface area contributed by atoms with Crippen molar-refractivity contribution in [2.75, 3.05) is 13.2 Å². The summed E-state index contributed by atoms with van der Waals surface area (Å²) in [6.45, 7) is 1.84. The van der Waals surface area contributed by atoms with Crippen molar-refractivity contribution >= 4 is 11.8 Å². The van der Waals surface area contributed by atoms with Crippen LogP contribution in [0.5, 0.6) is 0 Å². The first kappa shape index (κ1) is 13.2. The first-order valence-corrected chi connectivity index (χ1v) is 7.61. The minimum absolute atomic E-state index is 0.343. The van der Waals surface area contributed by atoms with E-state index in [-0.39, 0.29) is 0 Å². The Hall–Kier alpha value is -0.250. The van der Waals surface area contributed by atoms with Crippen LogP contribution in [0.1, 0.15) is 38.5 Å². The summed E-state index contributed by atoms with van der Waals surface area (Å²) in [6.07, 6.45) is 12.4. The van der Waals surface area contributed by atoms with Crippen LogP contribution in [0, 0.1) is 0 Å². The summed E-state index contributed by atoms with van der Waals surface area (Å²) >= 11 is 1.72. The second-order valence-electron chi connectivity index (χ2n) is 4.60. The lowest BCUT2D eigenvalue weighted by atomic mass is 10.1. The Labute approximate surface area is 108 Å². The Kier molecular flexibility index (Phi) is 6.17. The number of hydrogen-bond donors (Lipinski definition) is 0. The molecule has 3 heteroatoms. The molecular weight excluding hydrogens is 232 g/mol. The number of ether oxygens (including phenoxy) is 2. The van der Waals surface area contributed by atoms with Crippen LogP contribution in [0.15, 0.2) is 23.0 Å². The van der Waals surface area contributed by atoms with Gasteiger partial charge in [-0.3, -0.25) is 0 Å². The van der Waals surface area contributed by atoms with Gasteiger partial charge in [0.1, 0.15) is 0 Å². The largest absolute Gasteiger partial charge is 0.374 e. The molecule has 2 heterocycles. The topological polar surface area (TPSA) is 18.5 Å². The van der Waals surface area contributed by atoms with Crippen LogP contribution >= 0.6 is 11.8 Å². The van der Waals surface area contributed by atoms with Crippen molar-refractivity contribution < 1.29 is 9.47 Å². The van der Waals surface area contributed by atoms with Crippen molar-refractivity contribution in [1.29, 1.82) is 0 Å². The van der Waals surface area contributed by atoms with Gasteiger partial charge >= 0.3 is 0 Å². The van der Waals surface area contributed by atoms with Crippen molar-refractivity contribution in [3.63, 3.8) is 0 Å². The van der Waals surface area contributed by atoms with Gasteiger partial charge in [-0.1, -0.05) is 0 Å². The quantitative estimate of drug-likeness (QED) is 0.758. The molecule has 96 valence electrons. The number of rotatable bonds is 4. The summed E-state index contributed by atoms with van der Waals surface area (Å²) in [5.74, 6) is 0. The van der Waals surface area contributed by atoms with Gasteiger partial charge in [0.05, 0.1) is 12.2 Å². The van der Waals surface area contributed by atoms with E-state index in [2.05, 4.69) is 23.0 Å². The van der Waals surface area contributed by atoms with Crippen molar-refractivity contribution in [3.05, 3.63) is 23.0 Å². The van der Waals surface area contributed by atoms with Crippen LogP contribution in [0.3, 0.4) is 0 Å². The molecule has 2 rings (SSSR count). The highest BCUT2D eigenvalue weighted by Gasteiger charge is 2.10. The molecule has 2 aliphatic heterocycles. The molecule has 2 atom stereocenters. The molecule has 0 saturated carbocycles. The minimum atomic E-state index is 0.343. The highest BCUT2D eigenvalue weighted by molar-refractivity contribution is 8.04. The molecule has 0 radical (unpaired) electrons. The van der Waals surface area contributed by atoms with Crippen molar-refractivity contribution in [2.45, 2.75) is 50.7 Å². The molecule has 2 saturated heterocycles. The normalized spacial score (nSPS) is 31.3. The average molecular weight is 254 g/mol. The molecule has 2 fully saturated rings. The van der Waals surface area contributed by atoms with Crippen molar-refractivity contribution in [1.82, 2.24) is 0 Å². The van der Waals surface area contributed by atoms with Gasteiger partial charge in [0.15, 0.2) is 0 Å². The van der Waals surface area contributed by atoms with E-state index >= 15 is 0 Å². The van der Waals surface area contributed by atoms with E-state index in [1.54, 1.807) is 11.8 Å². The SMILES string of the molecule is C(=CC1CCCCO1)SC=CC1CCCCO1. The molecule has 0 aromatic carbocycles. The molecule has 2 aliphatic rings. The van der Waals surface area contributed by atoms with Gasteiger partial charge in [-0.15, -0.1) is 11.8 Å². The monoisotopic (exact) mass is 254 g/mol. The summed E-state index contributed by atoms with van der Waals surface area (Å²) in [5.41, 5.74) is 0. The summed E-state index contributed by atoms with van der Waals surface area (Å²) in [4.78, 5) is 0. The van der Waals surface area contributed by atoms with E-state index < -0.39 is 0 Å². The van der Waals surface area contributed by atoms with Crippen LogP contribution in [0.2, 0.25) is 0 Å². The van der Waals surface area contributed by atoms with Crippen molar-refractivity contribution in [2.24, 2.45) is 0 Å². The van der Waals surface area contributed by atoms with Gasteiger partial charge in [0, 0.05) is 13.2 Å². The van der Waals surface area contributed by atoms with Crippen LogP contribution in [0.25, 0.3) is 0 Å². The molecule has 17 heavy (non-hydrogen) atoms. The zero-order chi connectivity index (χ0) is 11.8. The summed E-state index contributed by atoms with van der Waals surface area (Å²) in [7, 11) is 0. The van der Waals surface area contributed by atoms with Gasteiger partial charge in [0.2, 0.25) is 0 Å². The standard InChI is InChI=1S/C14H22O2S/c1-3-9-15-13(5-1)7-11-17-12-8-14-6-2-4-10-16-14/h7-8,11-14H,1-6,9-10H2. The summed E-state index contributed by atoms with van der Waals surface area (Å²) < 4.78 is 11.3. The van der Waals surface area contributed by atoms with Crippen molar-refractivity contribution in [3.8, 4) is 0 Å². The Balaban J connectivity index is 1.60. The summed E-state index contributed by atoms with van der Waals surface area (Å²) in [6, 6.07) is 0. The second-order valence-corrected chi connectivity index (χ2v) is 5.42. The molecule has 2 unspecified atom stereocenters. The van der Waals surface area contributed by atoms with Gasteiger partial charge in [0.25, 0.3) is 0 Å². The Morgan fingerprint density at radius 3 is 1.71 bits per heavy atom. The Morgan fingerprint density at radius 1 is 0.765 bits per heavy atom. The molecule has 0 N–H and O–H groups in total. The predicted molar refractivity (Wildman–Crippen MR) is 73.1 cm³/mol. The van der Waals surface area contributed by atoms with Crippen LogP contribution < -0.4 is 0 Å². The van der Waals surface area contributed by atoms with E-state index in [0.29, 0.717) is 12.2 Å². The van der Waals surface area contributed by atoms with E-state index in [0.717, 1.165) is 13.2 Å². The average Bonchev–Trinajstić information content (AvgIpc) is 2.41. The third-order valence-corrected chi connectivity index (χ3v) is 3.80. The van der Waals surface area contributed by atoms with Gasteiger partial charge < -0.3 is 9.47 Å². The van der Waals surface area contributed by atoms with E-state index in [1.807, 2.05) is 0 Å².